The van der Waals surface area contributed by atoms with Gasteiger partial charge in [0.05, 0.1) is 7.11 Å². The van der Waals surface area contributed by atoms with Crippen molar-refractivity contribution in [3.8, 4) is 0 Å². The first-order valence-electron chi connectivity index (χ1n) is 8.08. The number of esters is 1. The van der Waals surface area contributed by atoms with E-state index in [2.05, 4.69) is 13.8 Å². The molecule has 2 heterocycles. The third-order valence-electron chi connectivity index (χ3n) is 4.30. The first-order chi connectivity index (χ1) is 10.6. The highest BCUT2D eigenvalue weighted by Crippen LogP contribution is 2.35. The predicted molar refractivity (Wildman–Crippen MR) is 87.8 cm³/mol. The summed E-state index contributed by atoms with van der Waals surface area (Å²) in [5, 5.41) is 1.99. The van der Waals surface area contributed by atoms with Gasteiger partial charge < -0.3 is 9.64 Å². The van der Waals surface area contributed by atoms with Gasteiger partial charge in [0, 0.05) is 17.3 Å². The molecule has 4 nitrogen and oxygen atoms in total. The van der Waals surface area contributed by atoms with Crippen molar-refractivity contribution in [3.05, 3.63) is 21.9 Å². The molecule has 1 aromatic heterocycles. The van der Waals surface area contributed by atoms with Crippen LogP contribution in [0.25, 0.3) is 0 Å². The second kappa shape index (κ2) is 7.77. The summed E-state index contributed by atoms with van der Waals surface area (Å²) in [6.07, 6.45) is 4.56. The normalized spacial score (nSPS) is 17.5. The third-order valence-corrected chi connectivity index (χ3v) is 5.29. The number of fused-ring (bicyclic) bond motifs is 1. The number of thiophene rings is 1. The van der Waals surface area contributed by atoms with Gasteiger partial charge in [-0.05, 0) is 36.3 Å². The lowest BCUT2D eigenvalue weighted by Gasteiger charge is -2.36. The summed E-state index contributed by atoms with van der Waals surface area (Å²) >= 11 is 1.65. The van der Waals surface area contributed by atoms with Crippen LogP contribution in [0.2, 0.25) is 0 Å². The average molecular weight is 323 g/mol. The van der Waals surface area contributed by atoms with Gasteiger partial charge in [-0.15, -0.1) is 11.3 Å². The molecule has 0 aromatic carbocycles. The molecule has 0 saturated heterocycles. The molecule has 0 fully saturated rings. The van der Waals surface area contributed by atoms with Crippen molar-refractivity contribution < 1.29 is 14.3 Å². The summed E-state index contributed by atoms with van der Waals surface area (Å²) in [7, 11) is 1.39. The maximum Gasteiger partial charge on any atom is 0.333 e. The fraction of sp³-hybridized carbons (Fsp3) is 0.647. The molecule has 1 aliphatic rings. The van der Waals surface area contributed by atoms with Crippen molar-refractivity contribution in [2.45, 2.75) is 52.0 Å². The van der Waals surface area contributed by atoms with Gasteiger partial charge >= 0.3 is 5.97 Å². The first kappa shape index (κ1) is 17.0. The maximum atomic E-state index is 13.0. The second-order valence-corrected chi connectivity index (χ2v) is 6.78. The summed E-state index contributed by atoms with van der Waals surface area (Å²) in [6, 6.07) is 1.39. The molecule has 5 heteroatoms. The number of hydrogen-bond acceptors (Lipinski definition) is 4. The van der Waals surface area contributed by atoms with Crippen LogP contribution in [0, 0.1) is 5.92 Å². The molecular formula is C17H25NO3S. The summed E-state index contributed by atoms with van der Waals surface area (Å²) in [5.41, 5.74) is 0.947. The smallest absolute Gasteiger partial charge is 0.333 e. The standard InChI is InChI=1S/C17H25NO3S/c1-4-6-12(7-5-2)16(19)18-10-8-14-13(9-11-22-14)15(18)17(20)21-3/h9,11-12,15H,4-8,10H2,1-3H3. The summed E-state index contributed by atoms with van der Waals surface area (Å²) in [6.45, 7) is 4.80. The van der Waals surface area contributed by atoms with Gasteiger partial charge in [-0.1, -0.05) is 26.7 Å². The Labute approximate surface area is 136 Å². The van der Waals surface area contributed by atoms with E-state index in [0.29, 0.717) is 6.54 Å². The number of methoxy groups -OCH3 is 1. The van der Waals surface area contributed by atoms with Crippen LogP contribution < -0.4 is 0 Å². The quantitative estimate of drug-likeness (QED) is 0.752. The number of nitrogens with zero attached hydrogens (tertiary/aromatic N) is 1. The highest BCUT2D eigenvalue weighted by atomic mass is 32.1. The Morgan fingerprint density at radius 2 is 2.05 bits per heavy atom. The average Bonchev–Trinajstić information content (AvgIpc) is 3.00. The number of carbonyl (C=O) groups is 2. The second-order valence-electron chi connectivity index (χ2n) is 5.78. The largest absolute Gasteiger partial charge is 0.467 e. The van der Waals surface area contributed by atoms with Crippen molar-refractivity contribution in [2.24, 2.45) is 5.92 Å². The fourth-order valence-corrected chi connectivity index (χ4v) is 4.15. The van der Waals surface area contributed by atoms with Crippen LogP contribution >= 0.6 is 11.3 Å². The van der Waals surface area contributed by atoms with Crippen molar-refractivity contribution in [3.63, 3.8) is 0 Å². The molecule has 0 aliphatic carbocycles. The van der Waals surface area contributed by atoms with Crippen LogP contribution in [0.4, 0.5) is 0 Å². The van der Waals surface area contributed by atoms with Crippen molar-refractivity contribution >= 4 is 23.2 Å². The minimum absolute atomic E-state index is 0.0161. The number of hydrogen-bond donors (Lipinski definition) is 0. The van der Waals surface area contributed by atoms with E-state index in [4.69, 9.17) is 4.74 Å². The molecule has 0 radical (unpaired) electrons. The van der Waals surface area contributed by atoms with Crippen LogP contribution in [0.3, 0.4) is 0 Å². The summed E-state index contributed by atoms with van der Waals surface area (Å²) in [4.78, 5) is 28.2. The Bertz CT molecular complexity index is 520. The van der Waals surface area contributed by atoms with E-state index in [1.807, 2.05) is 11.4 Å². The highest BCUT2D eigenvalue weighted by molar-refractivity contribution is 7.10. The van der Waals surface area contributed by atoms with Crippen molar-refractivity contribution in [1.29, 1.82) is 0 Å². The molecule has 1 aromatic rings. The Hall–Kier alpha value is -1.36. The highest BCUT2D eigenvalue weighted by Gasteiger charge is 2.39. The molecule has 22 heavy (non-hydrogen) atoms. The maximum absolute atomic E-state index is 13.0. The van der Waals surface area contributed by atoms with Gasteiger partial charge in [-0.25, -0.2) is 4.79 Å². The number of ether oxygens (including phenoxy) is 1. The van der Waals surface area contributed by atoms with Gasteiger partial charge in [-0.3, -0.25) is 4.79 Å². The van der Waals surface area contributed by atoms with Crippen LogP contribution in [0.1, 0.15) is 56.0 Å². The molecule has 1 aliphatic heterocycles. The minimum Gasteiger partial charge on any atom is -0.467 e. The van der Waals surface area contributed by atoms with Crippen molar-refractivity contribution in [1.82, 2.24) is 4.90 Å². The van der Waals surface area contributed by atoms with Crippen LogP contribution in [0.5, 0.6) is 0 Å². The van der Waals surface area contributed by atoms with Crippen LogP contribution in [-0.4, -0.2) is 30.4 Å². The molecule has 1 atom stereocenters. The zero-order chi connectivity index (χ0) is 16.1. The molecule has 0 spiro atoms. The minimum atomic E-state index is -0.566. The molecule has 2 rings (SSSR count). The molecule has 1 amide bonds. The van der Waals surface area contributed by atoms with E-state index < -0.39 is 6.04 Å². The molecule has 0 N–H and O–H groups in total. The lowest BCUT2D eigenvalue weighted by atomic mass is 9.93. The van der Waals surface area contributed by atoms with E-state index in [9.17, 15) is 9.59 Å². The Balaban J connectivity index is 2.28. The SMILES string of the molecule is CCCC(CCC)C(=O)N1CCc2sccc2C1C(=O)OC. The van der Waals surface area contributed by atoms with Crippen LogP contribution in [0.15, 0.2) is 11.4 Å². The summed E-state index contributed by atoms with van der Waals surface area (Å²) < 4.78 is 4.97. The molecule has 1 unspecified atom stereocenters. The van der Waals surface area contributed by atoms with Crippen molar-refractivity contribution in [2.75, 3.05) is 13.7 Å². The third kappa shape index (κ3) is 3.35. The Kier molecular flexibility index (Phi) is 6.00. The molecule has 0 saturated carbocycles. The molecular weight excluding hydrogens is 298 g/mol. The van der Waals surface area contributed by atoms with Gasteiger partial charge in [0.25, 0.3) is 0 Å². The Morgan fingerprint density at radius 3 is 2.64 bits per heavy atom. The van der Waals surface area contributed by atoms with E-state index in [1.54, 1.807) is 16.2 Å². The predicted octanol–water partition coefficient (Wildman–Crippen LogP) is 3.56. The van der Waals surface area contributed by atoms with Gasteiger partial charge in [-0.2, -0.15) is 0 Å². The van der Waals surface area contributed by atoms with Gasteiger partial charge in [0.1, 0.15) is 0 Å². The monoisotopic (exact) mass is 323 g/mol. The summed E-state index contributed by atoms with van der Waals surface area (Å²) in [5.74, 6) is -0.210. The lowest BCUT2D eigenvalue weighted by Crippen LogP contribution is -2.46. The Morgan fingerprint density at radius 1 is 1.36 bits per heavy atom. The zero-order valence-corrected chi connectivity index (χ0v) is 14.4. The van der Waals surface area contributed by atoms with Crippen LogP contribution in [-0.2, 0) is 20.7 Å². The topological polar surface area (TPSA) is 46.6 Å². The van der Waals surface area contributed by atoms with E-state index in [-0.39, 0.29) is 17.8 Å². The van der Waals surface area contributed by atoms with Gasteiger partial charge in [0.2, 0.25) is 5.91 Å². The van der Waals surface area contributed by atoms with E-state index in [0.717, 1.165) is 37.7 Å². The zero-order valence-electron chi connectivity index (χ0n) is 13.6. The fourth-order valence-electron chi connectivity index (χ4n) is 3.24. The van der Waals surface area contributed by atoms with Gasteiger partial charge in [0.15, 0.2) is 6.04 Å². The molecule has 0 bridgehead atoms. The molecule has 122 valence electrons. The lowest BCUT2D eigenvalue weighted by molar-refractivity contribution is -0.155. The number of amides is 1. The van der Waals surface area contributed by atoms with E-state index in [1.165, 1.54) is 12.0 Å². The number of carbonyl (C=O) groups excluding carboxylic acids is 2. The number of rotatable bonds is 6. The van der Waals surface area contributed by atoms with E-state index >= 15 is 0 Å². The first-order valence-corrected chi connectivity index (χ1v) is 8.96.